The monoisotopic (exact) mass is 161 g/mol. The first-order valence-electron chi connectivity index (χ1n) is 5.36. The van der Waals surface area contributed by atoms with E-state index in [1.165, 1.54) is 38.5 Å². The molecule has 1 radical (unpaired) electrons. The zero-order chi connectivity index (χ0) is 8.39. The van der Waals surface area contributed by atoms with Gasteiger partial charge in [-0.15, -0.1) is 6.58 Å². The highest BCUT2D eigenvalue weighted by atomic mass is 14.3. The Kier molecular flexibility index (Phi) is 2.58. The van der Waals surface area contributed by atoms with Crippen molar-refractivity contribution in [1.82, 2.24) is 0 Å². The van der Waals surface area contributed by atoms with Crippen molar-refractivity contribution in [2.75, 3.05) is 0 Å². The van der Waals surface area contributed by atoms with Crippen molar-refractivity contribution in [3.63, 3.8) is 0 Å². The summed E-state index contributed by atoms with van der Waals surface area (Å²) in [4.78, 5) is 0. The molecule has 2 aliphatic rings. The topological polar surface area (TPSA) is 0 Å². The van der Waals surface area contributed by atoms with Gasteiger partial charge in [0.25, 0.3) is 0 Å². The minimum absolute atomic E-state index is 0.940. The van der Waals surface area contributed by atoms with Crippen LogP contribution in [-0.2, 0) is 0 Å². The predicted octanol–water partition coefficient (Wildman–Crippen LogP) is 3.44. The second-order valence-corrected chi connectivity index (χ2v) is 4.41. The van der Waals surface area contributed by atoms with Crippen molar-refractivity contribution in [1.29, 1.82) is 0 Å². The first-order valence-corrected chi connectivity index (χ1v) is 5.36. The summed E-state index contributed by atoms with van der Waals surface area (Å²) in [5.41, 5.74) is 0. The van der Waals surface area contributed by atoms with Gasteiger partial charge in [0.1, 0.15) is 7.28 Å². The molecule has 0 saturated carbocycles. The zero-order valence-electron chi connectivity index (χ0n) is 7.84. The van der Waals surface area contributed by atoms with E-state index in [2.05, 4.69) is 19.9 Å². The van der Waals surface area contributed by atoms with Gasteiger partial charge in [-0.1, -0.05) is 49.8 Å². The Morgan fingerprint density at radius 3 is 3.00 bits per heavy atom. The molecule has 3 unspecified atom stereocenters. The van der Waals surface area contributed by atoms with E-state index in [4.69, 9.17) is 0 Å². The fourth-order valence-electron chi connectivity index (χ4n) is 2.94. The Balaban J connectivity index is 1.94. The molecule has 2 aliphatic heterocycles. The maximum absolute atomic E-state index is 3.85. The maximum Gasteiger partial charge on any atom is 0.118 e. The highest BCUT2D eigenvalue weighted by Crippen LogP contribution is 2.45. The molecular weight excluding hydrogens is 143 g/mol. The van der Waals surface area contributed by atoms with Crippen molar-refractivity contribution in [2.24, 2.45) is 5.92 Å². The lowest BCUT2D eigenvalue weighted by Crippen LogP contribution is -2.28. The number of rotatable bonds is 2. The zero-order valence-corrected chi connectivity index (χ0v) is 7.84. The van der Waals surface area contributed by atoms with Crippen LogP contribution < -0.4 is 0 Å². The van der Waals surface area contributed by atoms with Crippen molar-refractivity contribution < 1.29 is 0 Å². The van der Waals surface area contributed by atoms with Gasteiger partial charge in [0.2, 0.25) is 0 Å². The maximum atomic E-state index is 3.85. The molecule has 0 aromatic rings. The summed E-state index contributed by atoms with van der Waals surface area (Å²) >= 11 is 0. The van der Waals surface area contributed by atoms with Gasteiger partial charge in [-0.25, -0.2) is 0 Å². The normalized spacial score (nSPS) is 40.2. The Morgan fingerprint density at radius 1 is 1.25 bits per heavy atom. The molecule has 0 aliphatic carbocycles. The highest BCUT2D eigenvalue weighted by Gasteiger charge is 2.32. The summed E-state index contributed by atoms with van der Waals surface area (Å²) in [5, 5.41) is 0. The summed E-state index contributed by atoms with van der Waals surface area (Å²) in [5.74, 6) is 2.86. The molecular formula is C11H18B. The molecule has 0 spiro atoms. The Bertz CT molecular complexity index is 164. The van der Waals surface area contributed by atoms with Gasteiger partial charge in [0, 0.05) is 0 Å². The van der Waals surface area contributed by atoms with Gasteiger partial charge in [0.05, 0.1) is 0 Å². The molecule has 65 valence electrons. The molecule has 0 aromatic carbocycles. The van der Waals surface area contributed by atoms with Crippen molar-refractivity contribution in [3.8, 4) is 0 Å². The molecule has 0 N–H and O–H groups in total. The average molecular weight is 161 g/mol. The lowest BCUT2D eigenvalue weighted by molar-refractivity contribution is 0.344. The van der Waals surface area contributed by atoms with Gasteiger partial charge >= 0.3 is 0 Å². The summed E-state index contributed by atoms with van der Waals surface area (Å²) in [6.07, 6.45) is 10.7. The fourth-order valence-corrected chi connectivity index (χ4v) is 2.94. The Hall–Kier alpha value is -0.195. The highest BCUT2D eigenvalue weighted by molar-refractivity contribution is 6.40. The van der Waals surface area contributed by atoms with E-state index >= 15 is 0 Å². The summed E-state index contributed by atoms with van der Waals surface area (Å²) in [7, 11) is 2.64. The molecule has 0 amide bonds. The fraction of sp³-hybridized carbons (Fsp3) is 0.818. The quantitative estimate of drug-likeness (QED) is 0.429. The first-order chi connectivity index (χ1) is 5.90. The standard InChI is InChI=1S/C11H18B/c1-2-4-9-7-8-10-5-3-6-11(9)12-10/h2,9-11H,1,3-8H2. The van der Waals surface area contributed by atoms with Gasteiger partial charge < -0.3 is 0 Å². The molecule has 2 heterocycles. The van der Waals surface area contributed by atoms with Crippen LogP contribution in [0.3, 0.4) is 0 Å². The van der Waals surface area contributed by atoms with E-state index in [1.54, 1.807) is 0 Å². The first kappa shape index (κ1) is 8.41. The molecule has 12 heavy (non-hydrogen) atoms. The van der Waals surface area contributed by atoms with Gasteiger partial charge in [-0.2, -0.15) is 0 Å². The molecule has 1 heteroatoms. The second kappa shape index (κ2) is 3.68. The van der Waals surface area contributed by atoms with E-state index in [-0.39, 0.29) is 0 Å². The number of hydrogen-bond acceptors (Lipinski definition) is 0. The molecule has 2 bridgehead atoms. The number of hydrogen-bond donors (Lipinski definition) is 0. The summed E-state index contributed by atoms with van der Waals surface area (Å²) < 4.78 is 0. The van der Waals surface area contributed by atoms with E-state index in [0.717, 1.165) is 17.6 Å². The van der Waals surface area contributed by atoms with E-state index < -0.39 is 0 Å². The third-order valence-corrected chi connectivity index (χ3v) is 3.61. The number of fused-ring (bicyclic) bond motifs is 2. The van der Waals surface area contributed by atoms with Gasteiger partial charge in [0.15, 0.2) is 0 Å². The van der Waals surface area contributed by atoms with Crippen LogP contribution in [0.5, 0.6) is 0 Å². The molecule has 2 saturated heterocycles. The van der Waals surface area contributed by atoms with Crippen molar-refractivity contribution >= 4 is 7.28 Å². The molecule has 3 atom stereocenters. The van der Waals surface area contributed by atoms with Crippen LogP contribution in [0.15, 0.2) is 12.7 Å². The second-order valence-electron chi connectivity index (χ2n) is 4.41. The van der Waals surface area contributed by atoms with E-state index in [0.29, 0.717) is 0 Å². The van der Waals surface area contributed by atoms with Crippen LogP contribution in [0.1, 0.15) is 38.5 Å². The van der Waals surface area contributed by atoms with Crippen LogP contribution in [-0.4, -0.2) is 7.28 Å². The van der Waals surface area contributed by atoms with E-state index in [9.17, 15) is 0 Å². The average Bonchev–Trinajstić information content (AvgIpc) is 2.11. The molecule has 2 rings (SSSR count). The molecule has 0 aromatic heterocycles. The van der Waals surface area contributed by atoms with Gasteiger partial charge in [-0.3, -0.25) is 0 Å². The minimum Gasteiger partial charge on any atom is -0.103 e. The van der Waals surface area contributed by atoms with Crippen LogP contribution in [0.2, 0.25) is 11.6 Å². The SMILES string of the molecule is C=CCC1CCC2[B]C1CCC2. The smallest absolute Gasteiger partial charge is 0.103 e. The van der Waals surface area contributed by atoms with Crippen LogP contribution >= 0.6 is 0 Å². The third kappa shape index (κ3) is 1.60. The van der Waals surface area contributed by atoms with Crippen molar-refractivity contribution in [2.45, 2.75) is 50.2 Å². The predicted molar refractivity (Wildman–Crippen MR) is 54.6 cm³/mol. The number of allylic oxidation sites excluding steroid dienone is 1. The Labute approximate surface area is 76.7 Å². The van der Waals surface area contributed by atoms with Gasteiger partial charge in [-0.05, 0) is 12.3 Å². The van der Waals surface area contributed by atoms with Crippen LogP contribution in [0, 0.1) is 5.92 Å². The largest absolute Gasteiger partial charge is 0.118 e. The van der Waals surface area contributed by atoms with E-state index in [1.807, 2.05) is 0 Å². The summed E-state index contributed by atoms with van der Waals surface area (Å²) in [6, 6.07) is 0. The van der Waals surface area contributed by atoms with Crippen LogP contribution in [0.4, 0.5) is 0 Å². The molecule has 0 nitrogen and oxygen atoms in total. The van der Waals surface area contributed by atoms with Crippen LogP contribution in [0.25, 0.3) is 0 Å². The Morgan fingerprint density at radius 2 is 2.17 bits per heavy atom. The minimum atomic E-state index is 0.940. The summed E-state index contributed by atoms with van der Waals surface area (Å²) in [6.45, 7) is 3.85. The molecule has 2 fully saturated rings. The third-order valence-electron chi connectivity index (χ3n) is 3.61. The lowest BCUT2D eigenvalue weighted by Gasteiger charge is -2.39. The van der Waals surface area contributed by atoms with Crippen molar-refractivity contribution in [3.05, 3.63) is 12.7 Å². The lowest BCUT2D eigenvalue weighted by atomic mass is 9.41.